The van der Waals surface area contributed by atoms with Gasteiger partial charge in [-0.05, 0) is 31.0 Å². The summed E-state index contributed by atoms with van der Waals surface area (Å²) in [5.74, 6) is -0.997. The van der Waals surface area contributed by atoms with Crippen molar-refractivity contribution in [3.63, 3.8) is 0 Å². The standard InChI is InChI=1S/C14H17ClFNO3S/c1-21(19,20)13-5-3-2-4-12(13)17-14(18)10-7-6-9(16)8-11(10)15/h6-8,12-13H,2-5H2,1H3,(H,17,18)/t12-,13-/m1/s1. The summed E-state index contributed by atoms with van der Waals surface area (Å²) < 4.78 is 36.6. The van der Waals surface area contributed by atoms with Crippen molar-refractivity contribution in [1.82, 2.24) is 5.32 Å². The lowest BCUT2D eigenvalue weighted by Gasteiger charge is -2.30. The van der Waals surface area contributed by atoms with Crippen LogP contribution in [0.4, 0.5) is 4.39 Å². The number of halogens is 2. The third kappa shape index (κ3) is 3.95. The van der Waals surface area contributed by atoms with Crippen LogP contribution in [0.25, 0.3) is 0 Å². The Morgan fingerprint density at radius 3 is 2.62 bits per heavy atom. The Morgan fingerprint density at radius 1 is 1.33 bits per heavy atom. The van der Waals surface area contributed by atoms with Gasteiger partial charge in [-0.2, -0.15) is 0 Å². The van der Waals surface area contributed by atoms with Gasteiger partial charge >= 0.3 is 0 Å². The van der Waals surface area contributed by atoms with Gasteiger partial charge in [0.25, 0.3) is 5.91 Å². The van der Waals surface area contributed by atoms with Crippen LogP contribution in [0.15, 0.2) is 18.2 Å². The molecule has 1 aromatic rings. The molecule has 0 unspecified atom stereocenters. The van der Waals surface area contributed by atoms with Crippen LogP contribution in [0.3, 0.4) is 0 Å². The van der Waals surface area contributed by atoms with E-state index in [-0.39, 0.29) is 10.6 Å². The molecule has 0 saturated heterocycles. The topological polar surface area (TPSA) is 63.2 Å². The van der Waals surface area contributed by atoms with E-state index < -0.39 is 32.9 Å². The number of benzene rings is 1. The highest BCUT2D eigenvalue weighted by atomic mass is 35.5. The summed E-state index contributed by atoms with van der Waals surface area (Å²) in [6.45, 7) is 0. The average molecular weight is 334 g/mol. The third-order valence-electron chi connectivity index (χ3n) is 3.74. The van der Waals surface area contributed by atoms with Gasteiger partial charge in [-0.1, -0.05) is 24.4 Å². The Balaban J connectivity index is 2.17. The summed E-state index contributed by atoms with van der Waals surface area (Å²) in [6, 6.07) is 3.08. The van der Waals surface area contributed by atoms with Gasteiger partial charge in [-0.3, -0.25) is 4.79 Å². The highest BCUT2D eigenvalue weighted by Gasteiger charge is 2.34. The zero-order valence-electron chi connectivity index (χ0n) is 11.6. The van der Waals surface area contributed by atoms with Gasteiger partial charge in [-0.15, -0.1) is 0 Å². The molecule has 0 spiro atoms. The maximum atomic E-state index is 13.0. The zero-order chi connectivity index (χ0) is 15.6. The van der Waals surface area contributed by atoms with E-state index in [4.69, 9.17) is 11.6 Å². The second kappa shape index (κ2) is 6.32. The largest absolute Gasteiger partial charge is 0.348 e. The van der Waals surface area contributed by atoms with E-state index in [2.05, 4.69) is 5.32 Å². The molecule has 1 amide bonds. The Hall–Kier alpha value is -1.14. The van der Waals surface area contributed by atoms with E-state index >= 15 is 0 Å². The first-order valence-corrected chi connectivity index (χ1v) is 9.07. The van der Waals surface area contributed by atoms with E-state index in [0.717, 1.165) is 25.0 Å². The summed E-state index contributed by atoms with van der Waals surface area (Å²) in [5.41, 5.74) is 0.149. The second-order valence-corrected chi connectivity index (χ2v) is 8.03. The van der Waals surface area contributed by atoms with Crippen molar-refractivity contribution >= 4 is 27.3 Å². The van der Waals surface area contributed by atoms with E-state index in [0.29, 0.717) is 12.8 Å². The first-order chi connectivity index (χ1) is 9.79. The van der Waals surface area contributed by atoms with Gasteiger partial charge in [0.15, 0.2) is 9.84 Å². The zero-order valence-corrected chi connectivity index (χ0v) is 13.2. The van der Waals surface area contributed by atoms with Gasteiger partial charge in [0.05, 0.1) is 15.8 Å². The van der Waals surface area contributed by atoms with E-state index in [9.17, 15) is 17.6 Å². The summed E-state index contributed by atoms with van der Waals surface area (Å²) in [6.07, 6.45) is 4.05. The van der Waals surface area contributed by atoms with Crippen molar-refractivity contribution in [2.24, 2.45) is 0 Å². The third-order valence-corrected chi connectivity index (χ3v) is 5.72. The SMILES string of the molecule is CS(=O)(=O)[C@@H]1CCCC[C@H]1NC(=O)c1ccc(F)cc1Cl. The normalized spacial score (nSPS) is 22.8. The van der Waals surface area contributed by atoms with Gasteiger partial charge in [0, 0.05) is 12.3 Å². The molecule has 1 aromatic carbocycles. The Kier molecular flexibility index (Phi) is 4.88. The van der Waals surface area contributed by atoms with Crippen LogP contribution in [-0.4, -0.2) is 31.9 Å². The molecule has 116 valence electrons. The molecule has 0 heterocycles. The van der Waals surface area contributed by atoms with Gasteiger partial charge in [-0.25, -0.2) is 12.8 Å². The first-order valence-electron chi connectivity index (χ1n) is 6.74. The fraction of sp³-hybridized carbons (Fsp3) is 0.500. The number of hydrogen-bond donors (Lipinski definition) is 1. The molecule has 2 rings (SSSR count). The number of carbonyl (C=O) groups is 1. The predicted molar refractivity (Wildman–Crippen MR) is 79.8 cm³/mol. The van der Waals surface area contributed by atoms with E-state index in [1.807, 2.05) is 0 Å². The maximum absolute atomic E-state index is 13.0. The summed E-state index contributed by atoms with van der Waals surface area (Å²) in [7, 11) is -3.23. The first kappa shape index (κ1) is 16.2. The molecule has 1 aliphatic rings. The molecule has 1 N–H and O–H groups in total. The summed E-state index contributed by atoms with van der Waals surface area (Å²) in [5, 5.41) is 2.17. The number of nitrogens with one attached hydrogen (secondary N) is 1. The number of hydrogen-bond acceptors (Lipinski definition) is 3. The Bertz CT molecular complexity index is 648. The minimum absolute atomic E-state index is 0.0132. The molecule has 1 aliphatic carbocycles. The summed E-state index contributed by atoms with van der Waals surface area (Å²) >= 11 is 5.85. The molecule has 2 atom stereocenters. The van der Waals surface area contributed by atoms with Crippen molar-refractivity contribution in [1.29, 1.82) is 0 Å². The monoisotopic (exact) mass is 333 g/mol. The molecule has 1 saturated carbocycles. The predicted octanol–water partition coefficient (Wildman–Crippen LogP) is 2.56. The maximum Gasteiger partial charge on any atom is 0.253 e. The van der Waals surface area contributed by atoms with Crippen molar-refractivity contribution in [2.45, 2.75) is 37.0 Å². The quantitative estimate of drug-likeness (QED) is 0.924. The number of amides is 1. The van der Waals surface area contributed by atoms with Gasteiger partial charge in [0.2, 0.25) is 0 Å². The molecule has 21 heavy (non-hydrogen) atoms. The van der Waals surface area contributed by atoms with Crippen LogP contribution in [-0.2, 0) is 9.84 Å². The number of carbonyl (C=O) groups excluding carboxylic acids is 1. The molecule has 0 radical (unpaired) electrons. The smallest absolute Gasteiger partial charge is 0.253 e. The molecule has 0 aromatic heterocycles. The molecule has 0 aliphatic heterocycles. The highest BCUT2D eigenvalue weighted by molar-refractivity contribution is 7.91. The van der Waals surface area contributed by atoms with E-state index in [1.165, 1.54) is 12.3 Å². The fourth-order valence-corrected chi connectivity index (χ4v) is 4.34. The van der Waals surface area contributed by atoms with Crippen LogP contribution >= 0.6 is 11.6 Å². The highest BCUT2D eigenvalue weighted by Crippen LogP contribution is 2.25. The van der Waals surface area contributed by atoms with Crippen LogP contribution in [0.1, 0.15) is 36.0 Å². The molecular weight excluding hydrogens is 317 g/mol. The Labute approximate surface area is 128 Å². The number of rotatable bonds is 3. The lowest BCUT2D eigenvalue weighted by molar-refractivity contribution is 0.0929. The fourth-order valence-electron chi connectivity index (χ4n) is 2.69. The van der Waals surface area contributed by atoms with Crippen LogP contribution < -0.4 is 5.32 Å². The van der Waals surface area contributed by atoms with Crippen LogP contribution in [0, 0.1) is 5.82 Å². The molecule has 1 fully saturated rings. The summed E-state index contributed by atoms with van der Waals surface area (Å²) in [4.78, 5) is 12.2. The van der Waals surface area contributed by atoms with Crippen molar-refractivity contribution in [3.8, 4) is 0 Å². The van der Waals surface area contributed by atoms with E-state index in [1.54, 1.807) is 0 Å². The van der Waals surface area contributed by atoms with Crippen molar-refractivity contribution in [2.75, 3.05) is 6.26 Å². The molecule has 0 bridgehead atoms. The molecular formula is C14H17ClFNO3S. The van der Waals surface area contributed by atoms with Gasteiger partial charge in [0.1, 0.15) is 5.82 Å². The lowest BCUT2D eigenvalue weighted by atomic mass is 9.94. The minimum atomic E-state index is -3.23. The van der Waals surface area contributed by atoms with Crippen molar-refractivity contribution in [3.05, 3.63) is 34.6 Å². The lowest BCUT2D eigenvalue weighted by Crippen LogP contribution is -2.48. The molecule has 7 heteroatoms. The Morgan fingerprint density at radius 2 is 2.00 bits per heavy atom. The van der Waals surface area contributed by atoms with Crippen LogP contribution in [0.2, 0.25) is 5.02 Å². The average Bonchev–Trinajstić information content (AvgIpc) is 2.37. The number of sulfone groups is 1. The molecule has 4 nitrogen and oxygen atoms in total. The van der Waals surface area contributed by atoms with Gasteiger partial charge < -0.3 is 5.32 Å². The second-order valence-electron chi connectivity index (χ2n) is 5.36. The van der Waals surface area contributed by atoms with Crippen molar-refractivity contribution < 1.29 is 17.6 Å². The minimum Gasteiger partial charge on any atom is -0.348 e. The van der Waals surface area contributed by atoms with Crippen LogP contribution in [0.5, 0.6) is 0 Å².